The zero-order valence-corrected chi connectivity index (χ0v) is 11.6. The standard InChI is InChI=1S/C17H13ClO2/c18-15-8-4-7-14-16(19)11-13(20-17(14)15)10-9-12-5-2-1-3-6-12/h1-8,11H,9-10H2. The summed E-state index contributed by atoms with van der Waals surface area (Å²) >= 11 is 6.09. The lowest BCUT2D eigenvalue weighted by Gasteiger charge is -2.04. The molecule has 100 valence electrons. The van der Waals surface area contributed by atoms with E-state index in [2.05, 4.69) is 12.1 Å². The number of aryl methyl sites for hydroxylation is 2. The Bertz CT molecular complexity index is 791. The third-order valence-electron chi connectivity index (χ3n) is 3.26. The summed E-state index contributed by atoms with van der Waals surface area (Å²) in [6.45, 7) is 0. The first-order valence-corrected chi connectivity index (χ1v) is 6.87. The van der Waals surface area contributed by atoms with E-state index in [0.29, 0.717) is 28.2 Å². The van der Waals surface area contributed by atoms with E-state index in [1.54, 1.807) is 24.3 Å². The number of hydrogen-bond acceptors (Lipinski definition) is 2. The molecule has 0 aliphatic carbocycles. The Morgan fingerprint density at radius 2 is 1.75 bits per heavy atom. The highest BCUT2D eigenvalue weighted by Gasteiger charge is 2.07. The summed E-state index contributed by atoms with van der Waals surface area (Å²) in [7, 11) is 0. The van der Waals surface area contributed by atoms with Crippen molar-refractivity contribution in [2.45, 2.75) is 12.8 Å². The van der Waals surface area contributed by atoms with Crippen LogP contribution in [0.25, 0.3) is 11.0 Å². The predicted molar refractivity (Wildman–Crippen MR) is 81.3 cm³/mol. The maximum atomic E-state index is 12.0. The molecule has 3 aromatic rings. The molecule has 20 heavy (non-hydrogen) atoms. The molecule has 0 unspecified atom stereocenters. The van der Waals surface area contributed by atoms with Gasteiger partial charge in [-0.05, 0) is 24.1 Å². The largest absolute Gasteiger partial charge is 0.459 e. The summed E-state index contributed by atoms with van der Waals surface area (Å²) in [6.07, 6.45) is 1.51. The van der Waals surface area contributed by atoms with Crippen molar-refractivity contribution < 1.29 is 4.42 Å². The van der Waals surface area contributed by atoms with Gasteiger partial charge in [0.25, 0.3) is 0 Å². The zero-order chi connectivity index (χ0) is 13.9. The first-order chi connectivity index (χ1) is 9.74. The lowest BCUT2D eigenvalue weighted by atomic mass is 10.1. The van der Waals surface area contributed by atoms with E-state index < -0.39 is 0 Å². The Balaban J connectivity index is 1.93. The maximum Gasteiger partial charge on any atom is 0.193 e. The van der Waals surface area contributed by atoms with Crippen LogP contribution in [0.1, 0.15) is 11.3 Å². The fourth-order valence-corrected chi connectivity index (χ4v) is 2.44. The van der Waals surface area contributed by atoms with Crippen molar-refractivity contribution in [1.29, 1.82) is 0 Å². The molecule has 0 aliphatic heterocycles. The van der Waals surface area contributed by atoms with Crippen molar-refractivity contribution in [3.63, 3.8) is 0 Å². The molecule has 0 atom stereocenters. The van der Waals surface area contributed by atoms with Gasteiger partial charge in [0.1, 0.15) is 5.76 Å². The molecule has 0 saturated heterocycles. The van der Waals surface area contributed by atoms with Crippen LogP contribution in [0.4, 0.5) is 0 Å². The molecule has 0 spiro atoms. The highest BCUT2D eigenvalue weighted by Crippen LogP contribution is 2.22. The van der Waals surface area contributed by atoms with E-state index in [1.807, 2.05) is 18.2 Å². The molecule has 0 radical (unpaired) electrons. The minimum absolute atomic E-state index is 0.0446. The quantitative estimate of drug-likeness (QED) is 0.720. The van der Waals surface area contributed by atoms with Gasteiger partial charge in [-0.3, -0.25) is 4.79 Å². The van der Waals surface area contributed by atoms with Crippen molar-refractivity contribution in [2.75, 3.05) is 0 Å². The second kappa shape index (κ2) is 5.51. The fourth-order valence-electron chi connectivity index (χ4n) is 2.23. The number of benzene rings is 2. The highest BCUT2D eigenvalue weighted by atomic mass is 35.5. The van der Waals surface area contributed by atoms with E-state index in [-0.39, 0.29) is 5.43 Å². The number of fused-ring (bicyclic) bond motifs is 1. The summed E-state index contributed by atoms with van der Waals surface area (Å²) in [5, 5.41) is 1.00. The van der Waals surface area contributed by atoms with Gasteiger partial charge in [-0.1, -0.05) is 48.0 Å². The van der Waals surface area contributed by atoms with Crippen LogP contribution in [0.3, 0.4) is 0 Å². The Morgan fingerprint density at radius 1 is 0.950 bits per heavy atom. The molecule has 1 heterocycles. The number of rotatable bonds is 3. The molecule has 0 amide bonds. The van der Waals surface area contributed by atoms with Gasteiger partial charge in [0.15, 0.2) is 11.0 Å². The van der Waals surface area contributed by atoms with Gasteiger partial charge < -0.3 is 4.42 Å². The molecular formula is C17H13ClO2. The smallest absolute Gasteiger partial charge is 0.193 e. The van der Waals surface area contributed by atoms with Gasteiger partial charge in [-0.15, -0.1) is 0 Å². The van der Waals surface area contributed by atoms with Gasteiger partial charge in [0.2, 0.25) is 0 Å². The van der Waals surface area contributed by atoms with Crippen LogP contribution in [0.2, 0.25) is 5.02 Å². The Hall–Kier alpha value is -2.06. The molecule has 0 fully saturated rings. The first-order valence-electron chi connectivity index (χ1n) is 6.49. The molecule has 0 aliphatic rings. The van der Waals surface area contributed by atoms with Gasteiger partial charge in [0, 0.05) is 12.5 Å². The summed E-state index contributed by atoms with van der Waals surface area (Å²) < 4.78 is 5.76. The topological polar surface area (TPSA) is 30.2 Å². The minimum Gasteiger partial charge on any atom is -0.459 e. The van der Waals surface area contributed by atoms with Crippen LogP contribution >= 0.6 is 11.6 Å². The van der Waals surface area contributed by atoms with Crippen LogP contribution in [0.15, 0.2) is 63.8 Å². The molecule has 0 bridgehead atoms. The molecule has 0 N–H and O–H groups in total. The van der Waals surface area contributed by atoms with Crippen LogP contribution in [-0.4, -0.2) is 0 Å². The summed E-state index contributed by atoms with van der Waals surface area (Å²) in [5.74, 6) is 0.666. The van der Waals surface area contributed by atoms with Crippen molar-refractivity contribution in [3.05, 3.63) is 81.2 Å². The monoisotopic (exact) mass is 284 g/mol. The van der Waals surface area contributed by atoms with Gasteiger partial charge in [0.05, 0.1) is 10.4 Å². The van der Waals surface area contributed by atoms with Crippen LogP contribution < -0.4 is 5.43 Å². The van der Waals surface area contributed by atoms with Crippen LogP contribution in [0, 0.1) is 0 Å². The highest BCUT2D eigenvalue weighted by molar-refractivity contribution is 6.34. The van der Waals surface area contributed by atoms with Crippen LogP contribution in [0.5, 0.6) is 0 Å². The fraction of sp³-hybridized carbons (Fsp3) is 0.118. The summed E-state index contributed by atoms with van der Waals surface area (Å²) in [5.41, 5.74) is 1.65. The molecule has 2 nitrogen and oxygen atoms in total. The maximum absolute atomic E-state index is 12.0. The van der Waals surface area contributed by atoms with Gasteiger partial charge >= 0.3 is 0 Å². The first kappa shape index (κ1) is 12.9. The van der Waals surface area contributed by atoms with E-state index in [4.69, 9.17) is 16.0 Å². The average molecular weight is 285 g/mol. The summed E-state index contributed by atoms with van der Waals surface area (Å²) in [6, 6.07) is 16.9. The Kier molecular flexibility index (Phi) is 3.57. The van der Waals surface area contributed by atoms with Crippen LogP contribution in [-0.2, 0) is 12.8 Å². The zero-order valence-electron chi connectivity index (χ0n) is 10.8. The average Bonchev–Trinajstić information content (AvgIpc) is 2.47. The molecule has 3 rings (SSSR count). The van der Waals surface area contributed by atoms with Gasteiger partial charge in [-0.25, -0.2) is 0 Å². The van der Waals surface area contributed by atoms with Crippen molar-refractivity contribution >= 4 is 22.6 Å². The number of hydrogen-bond donors (Lipinski definition) is 0. The summed E-state index contributed by atoms with van der Waals surface area (Å²) in [4.78, 5) is 12.0. The molecule has 3 heteroatoms. The van der Waals surface area contributed by atoms with Crippen molar-refractivity contribution in [3.8, 4) is 0 Å². The molecule has 0 saturated carbocycles. The van der Waals surface area contributed by atoms with E-state index in [0.717, 1.165) is 6.42 Å². The number of para-hydroxylation sites is 1. The number of halogens is 1. The molecule has 1 aromatic heterocycles. The second-order valence-electron chi connectivity index (χ2n) is 4.68. The Morgan fingerprint density at radius 3 is 2.55 bits per heavy atom. The second-order valence-corrected chi connectivity index (χ2v) is 5.09. The SMILES string of the molecule is O=c1cc(CCc2ccccc2)oc2c(Cl)cccc12. The lowest BCUT2D eigenvalue weighted by Crippen LogP contribution is -2.03. The van der Waals surface area contributed by atoms with Crippen molar-refractivity contribution in [1.82, 2.24) is 0 Å². The molecular weight excluding hydrogens is 272 g/mol. The van der Waals surface area contributed by atoms with Crippen molar-refractivity contribution in [2.24, 2.45) is 0 Å². The van der Waals surface area contributed by atoms with Gasteiger partial charge in [-0.2, -0.15) is 0 Å². The molecule has 2 aromatic carbocycles. The normalized spacial score (nSPS) is 10.8. The van der Waals surface area contributed by atoms with E-state index in [1.165, 1.54) is 5.56 Å². The Labute approximate surface area is 121 Å². The van der Waals surface area contributed by atoms with E-state index in [9.17, 15) is 4.79 Å². The van der Waals surface area contributed by atoms with E-state index >= 15 is 0 Å². The third-order valence-corrected chi connectivity index (χ3v) is 3.56. The third kappa shape index (κ3) is 2.61. The predicted octanol–water partition coefficient (Wildman–Crippen LogP) is 4.23. The minimum atomic E-state index is -0.0446. The lowest BCUT2D eigenvalue weighted by molar-refractivity contribution is 0.534.